The molecule has 2 heterocycles. The first-order valence-corrected chi connectivity index (χ1v) is 11.5. The number of para-hydroxylation sites is 1. The predicted molar refractivity (Wildman–Crippen MR) is 113 cm³/mol. The minimum atomic E-state index is -4.06. The van der Waals surface area contributed by atoms with Crippen LogP contribution in [0.5, 0.6) is 0 Å². The zero-order valence-electron chi connectivity index (χ0n) is 15.9. The highest BCUT2D eigenvalue weighted by molar-refractivity contribution is 7.91. The number of ether oxygens (including phenoxy) is 1. The quantitative estimate of drug-likeness (QED) is 0.583. The molecule has 4 rings (SSSR count). The maximum atomic E-state index is 14.5. The van der Waals surface area contributed by atoms with Gasteiger partial charge in [0.15, 0.2) is 5.82 Å². The number of rotatable bonds is 5. The minimum Gasteiger partial charge on any atom is -0.454 e. The molecule has 31 heavy (non-hydrogen) atoms. The first kappa shape index (κ1) is 21.1. The Morgan fingerprint density at radius 2 is 2.06 bits per heavy atom. The van der Waals surface area contributed by atoms with Gasteiger partial charge in [-0.15, -0.1) is 11.3 Å². The van der Waals surface area contributed by atoms with E-state index in [1.54, 1.807) is 12.2 Å². The Hall–Kier alpha value is -3.15. The molecule has 2 N–H and O–H groups in total. The van der Waals surface area contributed by atoms with Crippen molar-refractivity contribution in [1.29, 1.82) is 0 Å². The van der Waals surface area contributed by atoms with E-state index in [0.29, 0.717) is 23.3 Å². The van der Waals surface area contributed by atoms with Crippen LogP contribution in [0.3, 0.4) is 0 Å². The lowest BCUT2D eigenvalue weighted by molar-refractivity contribution is -0.140. The van der Waals surface area contributed by atoms with E-state index in [4.69, 9.17) is 9.88 Å². The molecule has 0 atom stereocenters. The van der Waals surface area contributed by atoms with Crippen LogP contribution in [0.25, 0.3) is 15.9 Å². The van der Waals surface area contributed by atoms with Gasteiger partial charge >= 0.3 is 5.97 Å². The van der Waals surface area contributed by atoms with Crippen LogP contribution in [0.15, 0.2) is 63.1 Å². The topological polar surface area (TPSA) is 121 Å². The van der Waals surface area contributed by atoms with E-state index >= 15 is 0 Å². The molecule has 3 aromatic rings. The second kappa shape index (κ2) is 8.17. The molecule has 1 aromatic carbocycles. The molecule has 11 heteroatoms. The largest absolute Gasteiger partial charge is 0.454 e. The van der Waals surface area contributed by atoms with E-state index in [1.165, 1.54) is 24.3 Å². The van der Waals surface area contributed by atoms with E-state index in [1.807, 2.05) is 6.08 Å². The lowest BCUT2D eigenvalue weighted by atomic mass is 10.1. The summed E-state index contributed by atoms with van der Waals surface area (Å²) in [5.41, 5.74) is -0.433. The second-order valence-corrected chi connectivity index (χ2v) is 9.48. The summed E-state index contributed by atoms with van der Waals surface area (Å²) in [5, 5.41) is 5.13. The van der Waals surface area contributed by atoms with Crippen molar-refractivity contribution in [1.82, 2.24) is 9.55 Å². The van der Waals surface area contributed by atoms with E-state index in [2.05, 4.69) is 4.98 Å². The number of fused-ring (bicyclic) bond motifs is 1. The third-order valence-electron chi connectivity index (χ3n) is 4.55. The molecule has 160 valence electrons. The Balaban J connectivity index is 1.84. The van der Waals surface area contributed by atoms with Gasteiger partial charge in [-0.25, -0.2) is 27.7 Å². The number of thiophene rings is 1. The maximum Gasteiger partial charge on any atom is 0.338 e. The fourth-order valence-electron chi connectivity index (χ4n) is 3.10. The van der Waals surface area contributed by atoms with Gasteiger partial charge in [-0.2, -0.15) is 0 Å². The number of halogens is 1. The van der Waals surface area contributed by atoms with E-state index in [-0.39, 0.29) is 25.9 Å². The standard InChI is InChI=1S/C20H16FN3O5S2/c21-14-8-4-5-9-15(14)24-16(11-29-20(26)12-6-2-1-3-7-12)23-18-13(19(24)25)10-17(30-18)31(22,27)28/h2,4-10H,1,3,11H2,(H2,22,27,28). The summed E-state index contributed by atoms with van der Waals surface area (Å²) in [6, 6.07) is 6.64. The van der Waals surface area contributed by atoms with Crippen molar-refractivity contribution in [2.24, 2.45) is 5.14 Å². The molecule has 0 saturated heterocycles. The van der Waals surface area contributed by atoms with Crippen molar-refractivity contribution >= 4 is 37.5 Å². The fraction of sp³-hybridized carbons (Fsp3) is 0.150. The molecule has 0 spiro atoms. The number of benzene rings is 1. The van der Waals surface area contributed by atoms with Crippen molar-refractivity contribution in [2.45, 2.75) is 23.7 Å². The molecule has 2 aromatic heterocycles. The summed E-state index contributed by atoms with van der Waals surface area (Å²) in [6.07, 6.45) is 6.75. The van der Waals surface area contributed by atoms with Crippen LogP contribution in [-0.2, 0) is 26.2 Å². The Morgan fingerprint density at radius 3 is 2.74 bits per heavy atom. The van der Waals surface area contributed by atoms with Gasteiger partial charge in [0.2, 0.25) is 10.0 Å². The molecular formula is C20H16FN3O5S2. The molecule has 1 aliphatic rings. The number of carbonyl (C=O) groups is 1. The van der Waals surface area contributed by atoms with Crippen molar-refractivity contribution in [2.75, 3.05) is 0 Å². The zero-order chi connectivity index (χ0) is 22.2. The Kier molecular flexibility index (Phi) is 5.56. The highest BCUT2D eigenvalue weighted by atomic mass is 32.2. The van der Waals surface area contributed by atoms with Crippen molar-refractivity contribution in [3.05, 3.63) is 76.1 Å². The van der Waals surface area contributed by atoms with E-state index < -0.39 is 34.0 Å². The minimum absolute atomic E-state index is 0.0368. The molecule has 8 nitrogen and oxygen atoms in total. The molecule has 0 unspecified atom stereocenters. The predicted octanol–water partition coefficient (Wildman–Crippen LogP) is 2.55. The molecule has 0 fully saturated rings. The Labute approximate surface area is 180 Å². The normalized spacial score (nSPS) is 13.9. The third kappa shape index (κ3) is 4.20. The van der Waals surface area contributed by atoms with E-state index in [0.717, 1.165) is 17.1 Å². The van der Waals surface area contributed by atoms with Crippen LogP contribution in [0.4, 0.5) is 4.39 Å². The monoisotopic (exact) mass is 461 g/mol. The Bertz CT molecular complexity index is 1420. The number of nitrogens with zero attached hydrogens (tertiary/aromatic N) is 2. The summed E-state index contributed by atoms with van der Waals surface area (Å²) >= 11 is 0.709. The van der Waals surface area contributed by atoms with Gasteiger partial charge in [0.1, 0.15) is 21.5 Å². The third-order valence-corrected chi connectivity index (χ3v) is 7.00. The highest BCUT2D eigenvalue weighted by Crippen LogP contribution is 2.26. The average molecular weight is 461 g/mol. The van der Waals surface area contributed by atoms with Crippen LogP contribution in [0.1, 0.15) is 18.7 Å². The maximum absolute atomic E-state index is 14.5. The smallest absolute Gasteiger partial charge is 0.338 e. The molecule has 0 amide bonds. The summed E-state index contributed by atoms with van der Waals surface area (Å²) in [4.78, 5) is 29.9. The van der Waals surface area contributed by atoms with Crippen molar-refractivity contribution in [3.63, 3.8) is 0 Å². The molecule has 0 bridgehead atoms. The Morgan fingerprint density at radius 1 is 1.29 bits per heavy atom. The fourth-order valence-corrected chi connectivity index (χ4v) is 4.86. The number of carbonyl (C=O) groups excluding carboxylic acids is 1. The molecule has 0 radical (unpaired) electrons. The van der Waals surface area contributed by atoms with Gasteiger partial charge in [-0.05, 0) is 31.0 Å². The summed E-state index contributed by atoms with van der Waals surface area (Å²) in [5.74, 6) is -1.36. The summed E-state index contributed by atoms with van der Waals surface area (Å²) in [6.45, 7) is -0.424. The first-order chi connectivity index (χ1) is 14.8. The van der Waals surface area contributed by atoms with Crippen LogP contribution in [0, 0.1) is 5.82 Å². The number of hydrogen-bond donors (Lipinski definition) is 1. The van der Waals surface area contributed by atoms with Gasteiger partial charge in [0, 0.05) is 0 Å². The van der Waals surface area contributed by atoms with E-state index in [9.17, 15) is 22.4 Å². The number of allylic oxidation sites excluding steroid dienone is 2. The van der Waals surface area contributed by atoms with Crippen LogP contribution in [0.2, 0.25) is 0 Å². The van der Waals surface area contributed by atoms with Crippen LogP contribution >= 0.6 is 11.3 Å². The molecular weight excluding hydrogens is 445 g/mol. The molecule has 1 aliphatic carbocycles. The van der Waals surface area contributed by atoms with Crippen LogP contribution in [-0.4, -0.2) is 23.9 Å². The molecule has 0 aliphatic heterocycles. The van der Waals surface area contributed by atoms with Gasteiger partial charge in [-0.3, -0.25) is 9.36 Å². The number of nitrogens with two attached hydrogens (primary N) is 1. The number of sulfonamides is 1. The number of esters is 1. The second-order valence-electron chi connectivity index (χ2n) is 6.66. The zero-order valence-corrected chi connectivity index (χ0v) is 17.6. The number of hydrogen-bond acceptors (Lipinski definition) is 7. The van der Waals surface area contributed by atoms with Crippen molar-refractivity contribution in [3.8, 4) is 5.69 Å². The van der Waals surface area contributed by atoms with Gasteiger partial charge in [-0.1, -0.05) is 30.4 Å². The average Bonchev–Trinajstić information content (AvgIpc) is 3.19. The van der Waals surface area contributed by atoms with Crippen molar-refractivity contribution < 1.29 is 22.3 Å². The van der Waals surface area contributed by atoms with Gasteiger partial charge < -0.3 is 4.74 Å². The number of primary sulfonamides is 1. The first-order valence-electron chi connectivity index (χ1n) is 9.12. The lowest BCUT2D eigenvalue weighted by Gasteiger charge is -2.14. The van der Waals surface area contributed by atoms with Crippen LogP contribution < -0.4 is 10.7 Å². The lowest BCUT2D eigenvalue weighted by Crippen LogP contribution is -2.25. The highest BCUT2D eigenvalue weighted by Gasteiger charge is 2.22. The molecule has 0 saturated carbocycles. The number of aromatic nitrogens is 2. The van der Waals surface area contributed by atoms with Gasteiger partial charge in [0.05, 0.1) is 16.6 Å². The summed E-state index contributed by atoms with van der Waals surface area (Å²) in [7, 11) is -4.06. The summed E-state index contributed by atoms with van der Waals surface area (Å²) < 4.78 is 43.9. The SMILES string of the molecule is NS(=O)(=O)c1cc2c(=O)n(-c3ccccc3F)c(COC(=O)C3=CCCC=C3)nc2s1. The van der Waals surface area contributed by atoms with Gasteiger partial charge in [0.25, 0.3) is 5.56 Å².